The Bertz CT molecular complexity index is 408. The molecule has 2 atom stereocenters. The van der Waals surface area contributed by atoms with Gasteiger partial charge in [-0.2, -0.15) is 0 Å². The van der Waals surface area contributed by atoms with Crippen LogP contribution in [0.15, 0.2) is 12.1 Å². The maximum absolute atomic E-state index is 5.85. The second-order valence-electron chi connectivity index (χ2n) is 6.35. The normalized spacial score (nSPS) is 26.0. The van der Waals surface area contributed by atoms with Crippen molar-refractivity contribution in [2.75, 3.05) is 6.54 Å². The lowest BCUT2D eigenvalue weighted by atomic mass is 9.93. The quantitative estimate of drug-likeness (QED) is 0.848. The molecular weight excluding hydrogens is 206 g/mol. The summed E-state index contributed by atoms with van der Waals surface area (Å²) in [6.07, 6.45) is 1.20. The van der Waals surface area contributed by atoms with Gasteiger partial charge in [0.15, 0.2) is 0 Å². The Kier molecular flexibility index (Phi) is 3.07. The monoisotopic (exact) mass is 231 g/mol. The Hall–Kier alpha value is -0.820. The summed E-state index contributed by atoms with van der Waals surface area (Å²) in [4.78, 5) is 0. The highest BCUT2D eigenvalue weighted by atomic mass is 14.7. The van der Waals surface area contributed by atoms with Crippen LogP contribution in [0.3, 0.4) is 0 Å². The average Bonchev–Trinajstić information content (AvgIpc) is 2.73. The van der Waals surface area contributed by atoms with Gasteiger partial charge in [0.2, 0.25) is 0 Å². The van der Waals surface area contributed by atoms with E-state index < -0.39 is 0 Å². The van der Waals surface area contributed by atoms with Crippen LogP contribution < -0.4 is 5.73 Å². The van der Waals surface area contributed by atoms with Gasteiger partial charge >= 0.3 is 0 Å². The molecule has 1 fully saturated rings. The Morgan fingerprint density at radius 3 is 2.00 bits per heavy atom. The molecule has 0 aromatic heterocycles. The smallest absolute Gasteiger partial charge is 0.00407 e. The lowest BCUT2D eigenvalue weighted by Crippen LogP contribution is -2.05. The van der Waals surface area contributed by atoms with Crippen LogP contribution in [0, 0.1) is 38.0 Å². The molecule has 1 aromatic rings. The van der Waals surface area contributed by atoms with Gasteiger partial charge < -0.3 is 5.73 Å². The number of benzene rings is 1. The molecule has 0 aliphatic heterocycles. The van der Waals surface area contributed by atoms with Crippen molar-refractivity contribution in [1.29, 1.82) is 0 Å². The molecule has 0 spiro atoms. The van der Waals surface area contributed by atoms with Gasteiger partial charge in [-0.25, -0.2) is 0 Å². The van der Waals surface area contributed by atoms with Crippen LogP contribution in [0.25, 0.3) is 0 Å². The molecule has 1 nitrogen and oxygen atoms in total. The van der Waals surface area contributed by atoms with Gasteiger partial charge in [0.05, 0.1) is 0 Å². The number of aryl methyl sites for hydroxylation is 3. The molecule has 0 bridgehead atoms. The molecule has 2 N–H and O–H groups in total. The fraction of sp³-hybridized carbons (Fsp3) is 0.625. The standard InChI is InChI=1S/C16H25N/c1-10-6-11(2)13(12(3)7-10)8-14-15(9-17)16(14,4)5/h6-7,14-15H,8-9,17H2,1-5H3/t14-,15-/m0/s1. The third-order valence-electron chi connectivity index (χ3n) is 4.81. The van der Waals surface area contributed by atoms with E-state index >= 15 is 0 Å². The summed E-state index contributed by atoms with van der Waals surface area (Å²) in [5.74, 6) is 1.48. The molecule has 17 heavy (non-hydrogen) atoms. The molecule has 1 aliphatic rings. The zero-order chi connectivity index (χ0) is 12.8. The van der Waals surface area contributed by atoms with E-state index in [1.807, 2.05) is 0 Å². The number of hydrogen-bond donors (Lipinski definition) is 1. The van der Waals surface area contributed by atoms with E-state index in [1.165, 1.54) is 23.1 Å². The summed E-state index contributed by atoms with van der Waals surface area (Å²) >= 11 is 0. The molecule has 0 heterocycles. The van der Waals surface area contributed by atoms with Crippen molar-refractivity contribution >= 4 is 0 Å². The van der Waals surface area contributed by atoms with E-state index in [0.717, 1.165) is 12.5 Å². The van der Waals surface area contributed by atoms with Crippen LogP contribution in [0.1, 0.15) is 36.1 Å². The predicted octanol–water partition coefficient (Wildman–Crippen LogP) is 3.39. The summed E-state index contributed by atoms with van der Waals surface area (Å²) in [5, 5.41) is 0. The first-order chi connectivity index (χ1) is 7.87. The molecule has 0 saturated heterocycles. The first-order valence-electron chi connectivity index (χ1n) is 6.64. The second-order valence-corrected chi connectivity index (χ2v) is 6.35. The van der Waals surface area contributed by atoms with Gasteiger partial charge in [-0.1, -0.05) is 31.5 Å². The fourth-order valence-corrected chi connectivity index (χ4v) is 3.48. The second kappa shape index (κ2) is 4.13. The van der Waals surface area contributed by atoms with Crippen molar-refractivity contribution < 1.29 is 0 Å². The van der Waals surface area contributed by atoms with Crippen molar-refractivity contribution in [3.05, 3.63) is 34.4 Å². The van der Waals surface area contributed by atoms with Crippen LogP contribution >= 0.6 is 0 Å². The van der Waals surface area contributed by atoms with Crippen LogP contribution in [0.5, 0.6) is 0 Å². The van der Waals surface area contributed by atoms with E-state index in [4.69, 9.17) is 5.73 Å². The SMILES string of the molecule is Cc1cc(C)c(C[C@H]2[C@H](CN)C2(C)C)c(C)c1. The van der Waals surface area contributed by atoms with E-state index in [2.05, 4.69) is 46.8 Å². The van der Waals surface area contributed by atoms with Crippen molar-refractivity contribution in [3.63, 3.8) is 0 Å². The summed E-state index contributed by atoms with van der Waals surface area (Å²) in [6, 6.07) is 4.60. The van der Waals surface area contributed by atoms with Crippen LogP contribution in [0.2, 0.25) is 0 Å². The van der Waals surface area contributed by atoms with Gasteiger partial charge in [0.1, 0.15) is 0 Å². The maximum Gasteiger partial charge on any atom is -0.00407 e. The third-order valence-corrected chi connectivity index (χ3v) is 4.81. The zero-order valence-electron chi connectivity index (χ0n) is 11.8. The molecular formula is C16H25N. The molecule has 1 aliphatic carbocycles. The minimum Gasteiger partial charge on any atom is -0.330 e. The van der Waals surface area contributed by atoms with Crippen molar-refractivity contribution in [2.24, 2.45) is 23.0 Å². The number of nitrogens with two attached hydrogens (primary N) is 1. The van der Waals surface area contributed by atoms with Gasteiger partial charge in [-0.15, -0.1) is 0 Å². The lowest BCUT2D eigenvalue weighted by Gasteiger charge is -2.12. The summed E-state index contributed by atoms with van der Waals surface area (Å²) in [7, 11) is 0. The van der Waals surface area contributed by atoms with Crippen LogP contribution in [-0.2, 0) is 6.42 Å². The first kappa shape index (κ1) is 12.6. The molecule has 94 valence electrons. The molecule has 0 radical (unpaired) electrons. The van der Waals surface area contributed by atoms with Crippen LogP contribution in [-0.4, -0.2) is 6.54 Å². The third kappa shape index (κ3) is 2.13. The highest BCUT2D eigenvalue weighted by molar-refractivity contribution is 5.38. The van der Waals surface area contributed by atoms with Gasteiger partial charge in [-0.3, -0.25) is 0 Å². The molecule has 0 amide bonds. The Balaban J connectivity index is 2.21. The Morgan fingerprint density at radius 2 is 1.59 bits per heavy atom. The minimum atomic E-state index is 0.443. The summed E-state index contributed by atoms with van der Waals surface area (Å²) in [6.45, 7) is 12.2. The first-order valence-corrected chi connectivity index (χ1v) is 6.64. The summed E-state index contributed by atoms with van der Waals surface area (Å²) < 4.78 is 0. The van der Waals surface area contributed by atoms with Crippen LogP contribution in [0.4, 0.5) is 0 Å². The van der Waals surface area contributed by atoms with E-state index in [9.17, 15) is 0 Å². The average molecular weight is 231 g/mol. The van der Waals surface area contributed by atoms with Crippen molar-refractivity contribution in [3.8, 4) is 0 Å². The predicted molar refractivity (Wildman–Crippen MR) is 74.2 cm³/mol. The number of hydrogen-bond acceptors (Lipinski definition) is 1. The molecule has 2 rings (SSSR count). The van der Waals surface area contributed by atoms with Gasteiger partial charge in [-0.05, 0) is 67.7 Å². The highest BCUT2D eigenvalue weighted by Crippen LogP contribution is 2.59. The lowest BCUT2D eigenvalue weighted by molar-refractivity contribution is 0.535. The van der Waals surface area contributed by atoms with E-state index in [0.29, 0.717) is 11.3 Å². The van der Waals surface area contributed by atoms with E-state index in [-0.39, 0.29) is 0 Å². The Morgan fingerprint density at radius 1 is 1.06 bits per heavy atom. The van der Waals surface area contributed by atoms with Gasteiger partial charge in [0.25, 0.3) is 0 Å². The topological polar surface area (TPSA) is 26.0 Å². The molecule has 1 aromatic carbocycles. The largest absolute Gasteiger partial charge is 0.330 e. The molecule has 1 saturated carbocycles. The highest BCUT2D eigenvalue weighted by Gasteiger charge is 2.56. The van der Waals surface area contributed by atoms with Crippen molar-refractivity contribution in [1.82, 2.24) is 0 Å². The van der Waals surface area contributed by atoms with E-state index in [1.54, 1.807) is 5.56 Å². The minimum absolute atomic E-state index is 0.443. The molecule has 1 heteroatoms. The maximum atomic E-state index is 5.85. The summed E-state index contributed by atoms with van der Waals surface area (Å²) in [5.41, 5.74) is 12.1. The zero-order valence-corrected chi connectivity index (χ0v) is 11.8. The van der Waals surface area contributed by atoms with Crippen molar-refractivity contribution in [2.45, 2.75) is 41.0 Å². The Labute approximate surface area is 105 Å². The fourth-order valence-electron chi connectivity index (χ4n) is 3.48. The van der Waals surface area contributed by atoms with Gasteiger partial charge in [0, 0.05) is 0 Å². The molecule has 0 unspecified atom stereocenters. The number of rotatable bonds is 3.